The smallest absolute Gasteiger partial charge is 0.281 e. The second-order valence-corrected chi connectivity index (χ2v) is 6.88. The number of benzene rings is 1. The summed E-state index contributed by atoms with van der Waals surface area (Å²) in [6, 6.07) is 13.0. The van der Waals surface area contributed by atoms with E-state index in [0.717, 1.165) is 22.3 Å². The molecule has 0 unspecified atom stereocenters. The van der Waals surface area contributed by atoms with Gasteiger partial charge in [-0.05, 0) is 37.6 Å². The van der Waals surface area contributed by atoms with Crippen molar-refractivity contribution in [3.8, 4) is 5.69 Å². The van der Waals surface area contributed by atoms with Crippen molar-refractivity contribution in [3.63, 3.8) is 0 Å². The second kappa shape index (κ2) is 7.71. The van der Waals surface area contributed by atoms with Crippen LogP contribution in [-0.4, -0.2) is 25.2 Å². The van der Waals surface area contributed by atoms with Crippen LogP contribution >= 0.6 is 0 Å². The van der Waals surface area contributed by atoms with Crippen LogP contribution in [0.3, 0.4) is 0 Å². The molecule has 29 heavy (non-hydrogen) atoms. The Balaban J connectivity index is 1.64. The zero-order valence-electron chi connectivity index (χ0n) is 16.3. The average molecular weight is 387 g/mol. The summed E-state index contributed by atoms with van der Waals surface area (Å²) in [5, 5.41) is 8.58. The van der Waals surface area contributed by atoms with E-state index in [-0.39, 0.29) is 18.0 Å². The van der Waals surface area contributed by atoms with E-state index in [9.17, 15) is 9.59 Å². The van der Waals surface area contributed by atoms with Gasteiger partial charge in [0.1, 0.15) is 6.54 Å². The van der Waals surface area contributed by atoms with Crippen LogP contribution in [0, 0.1) is 13.8 Å². The van der Waals surface area contributed by atoms with Gasteiger partial charge in [0, 0.05) is 35.7 Å². The Kier molecular flexibility index (Phi) is 4.95. The molecule has 0 radical (unpaired) electrons. The summed E-state index contributed by atoms with van der Waals surface area (Å²) < 4.78 is 3.25. The second-order valence-electron chi connectivity index (χ2n) is 6.88. The summed E-state index contributed by atoms with van der Waals surface area (Å²) in [5.74, 6) is -0.128. The lowest BCUT2D eigenvalue weighted by Crippen LogP contribution is -2.28. The molecule has 4 aromatic rings. The summed E-state index contributed by atoms with van der Waals surface area (Å²) in [5.41, 5.74) is 3.05. The third-order valence-corrected chi connectivity index (χ3v) is 5.05. The van der Waals surface area contributed by atoms with Gasteiger partial charge in [0.15, 0.2) is 0 Å². The minimum Gasteiger partial charge on any atom is -0.350 e. The maximum Gasteiger partial charge on any atom is 0.281 e. The minimum absolute atomic E-state index is 0.128. The van der Waals surface area contributed by atoms with Crippen molar-refractivity contribution in [2.24, 2.45) is 0 Å². The molecule has 1 N–H and O–H groups in total. The Morgan fingerprint density at radius 2 is 1.83 bits per heavy atom. The van der Waals surface area contributed by atoms with E-state index in [1.165, 1.54) is 4.68 Å². The fourth-order valence-corrected chi connectivity index (χ4v) is 3.50. The lowest BCUT2D eigenvalue weighted by Gasteiger charge is -2.10. The van der Waals surface area contributed by atoms with Crippen LogP contribution in [0.4, 0.5) is 0 Å². The highest BCUT2D eigenvalue weighted by atomic mass is 16.2. The number of carbonyl (C=O) groups excluding carboxylic acids is 1. The molecule has 3 heterocycles. The molecule has 1 aromatic carbocycles. The first-order valence-corrected chi connectivity index (χ1v) is 9.35. The van der Waals surface area contributed by atoms with Gasteiger partial charge in [0.25, 0.3) is 5.56 Å². The van der Waals surface area contributed by atoms with E-state index in [0.29, 0.717) is 17.6 Å². The van der Waals surface area contributed by atoms with Crippen molar-refractivity contribution in [1.82, 2.24) is 24.6 Å². The number of amides is 1. The summed E-state index contributed by atoms with van der Waals surface area (Å²) in [6.45, 7) is 4.31. The molecule has 0 aliphatic heterocycles. The first kappa shape index (κ1) is 18.6. The number of fused-ring (bicyclic) bond motifs is 1. The molecule has 1 amide bonds. The van der Waals surface area contributed by atoms with Crippen molar-refractivity contribution < 1.29 is 4.79 Å². The summed E-state index contributed by atoms with van der Waals surface area (Å²) in [7, 11) is 0. The highest BCUT2D eigenvalue weighted by molar-refractivity contribution is 5.88. The van der Waals surface area contributed by atoms with Gasteiger partial charge in [-0.25, -0.2) is 0 Å². The summed E-state index contributed by atoms with van der Waals surface area (Å²) in [4.78, 5) is 29.6. The molecule has 0 fully saturated rings. The standard InChI is InChI=1S/C22H21N5O2/c1-15-19-13-25-27(18-8-4-3-5-9-18)22(29)21(19)16(2)26(15)14-20(28)24-12-17-7-6-10-23-11-17/h3-11,13H,12,14H2,1-2H3,(H,24,28). The van der Waals surface area contributed by atoms with Crippen LogP contribution in [0.15, 0.2) is 65.8 Å². The Labute approximate surface area is 167 Å². The summed E-state index contributed by atoms with van der Waals surface area (Å²) >= 11 is 0. The third-order valence-electron chi connectivity index (χ3n) is 5.05. The maximum absolute atomic E-state index is 13.1. The molecular weight excluding hydrogens is 366 g/mol. The van der Waals surface area contributed by atoms with Crippen LogP contribution in [-0.2, 0) is 17.9 Å². The molecule has 7 heteroatoms. The topological polar surface area (TPSA) is 81.8 Å². The number of nitrogens with zero attached hydrogens (tertiary/aromatic N) is 4. The number of carbonyl (C=O) groups is 1. The molecular formula is C22H21N5O2. The van der Waals surface area contributed by atoms with E-state index in [1.54, 1.807) is 18.6 Å². The molecule has 0 aliphatic rings. The maximum atomic E-state index is 13.1. The van der Waals surface area contributed by atoms with Gasteiger partial charge < -0.3 is 9.88 Å². The molecule has 0 saturated heterocycles. The Morgan fingerprint density at radius 3 is 2.55 bits per heavy atom. The third kappa shape index (κ3) is 3.54. The van der Waals surface area contributed by atoms with Crippen LogP contribution in [0.5, 0.6) is 0 Å². The van der Waals surface area contributed by atoms with Crippen molar-refractivity contribution in [2.45, 2.75) is 26.9 Å². The Morgan fingerprint density at radius 1 is 1.03 bits per heavy atom. The van der Waals surface area contributed by atoms with E-state index in [1.807, 2.05) is 60.9 Å². The van der Waals surface area contributed by atoms with E-state index in [2.05, 4.69) is 15.4 Å². The predicted molar refractivity (Wildman–Crippen MR) is 111 cm³/mol. The predicted octanol–water partition coefficient (Wildman–Crippen LogP) is 2.52. The van der Waals surface area contributed by atoms with Gasteiger partial charge in [0.2, 0.25) is 5.91 Å². The SMILES string of the molecule is Cc1c2cnn(-c3ccccc3)c(=O)c2c(C)n1CC(=O)NCc1cccnc1. The van der Waals surface area contributed by atoms with Crippen LogP contribution in [0.25, 0.3) is 16.5 Å². The van der Waals surface area contributed by atoms with E-state index in [4.69, 9.17) is 0 Å². The molecule has 0 aliphatic carbocycles. The lowest BCUT2D eigenvalue weighted by atomic mass is 10.2. The number of hydrogen-bond donors (Lipinski definition) is 1. The van der Waals surface area contributed by atoms with Gasteiger partial charge in [-0.1, -0.05) is 24.3 Å². The number of aromatic nitrogens is 4. The van der Waals surface area contributed by atoms with Gasteiger partial charge in [0.05, 0.1) is 17.3 Å². The van der Waals surface area contributed by atoms with Crippen LogP contribution in [0.2, 0.25) is 0 Å². The number of para-hydroxylation sites is 1. The molecule has 0 spiro atoms. The van der Waals surface area contributed by atoms with Crippen LogP contribution < -0.4 is 10.9 Å². The largest absolute Gasteiger partial charge is 0.350 e. The number of hydrogen-bond acceptors (Lipinski definition) is 4. The first-order valence-electron chi connectivity index (χ1n) is 9.35. The zero-order valence-corrected chi connectivity index (χ0v) is 16.3. The fraction of sp³-hybridized carbons (Fsp3) is 0.182. The van der Waals surface area contributed by atoms with Gasteiger partial charge in [-0.3, -0.25) is 14.6 Å². The highest BCUT2D eigenvalue weighted by Gasteiger charge is 2.18. The van der Waals surface area contributed by atoms with Crippen molar-refractivity contribution in [2.75, 3.05) is 0 Å². The van der Waals surface area contributed by atoms with Crippen molar-refractivity contribution in [3.05, 3.63) is 88.4 Å². The van der Waals surface area contributed by atoms with Gasteiger partial charge in [-0.15, -0.1) is 0 Å². The number of nitrogens with one attached hydrogen (secondary N) is 1. The molecule has 0 atom stereocenters. The number of aryl methyl sites for hydroxylation is 2. The molecule has 0 saturated carbocycles. The fourth-order valence-electron chi connectivity index (χ4n) is 3.50. The number of pyridine rings is 1. The monoisotopic (exact) mass is 387 g/mol. The molecule has 7 nitrogen and oxygen atoms in total. The zero-order chi connectivity index (χ0) is 20.4. The van der Waals surface area contributed by atoms with Gasteiger partial charge >= 0.3 is 0 Å². The Hall–Kier alpha value is -3.74. The number of rotatable bonds is 5. The first-order chi connectivity index (χ1) is 14.1. The van der Waals surface area contributed by atoms with Crippen LogP contribution in [0.1, 0.15) is 17.0 Å². The quantitative estimate of drug-likeness (QED) is 0.570. The lowest BCUT2D eigenvalue weighted by molar-refractivity contribution is -0.121. The molecule has 0 bridgehead atoms. The molecule has 146 valence electrons. The molecule has 4 rings (SSSR count). The highest BCUT2D eigenvalue weighted by Crippen LogP contribution is 2.22. The van der Waals surface area contributed by atoms with Gasteiger partial charge in [-0.2, -0.15) is 9.78 Å². The average Bonchev–Trinajstić information content (AvgIpc) is 2.99. The minimum atomic E-state index is -0.191. The van der Waals surface area contributed by atoms with Crippen molar-refractivity contribution >= 4 is 16.7 Å². The van der Waals surface area contributed by atoms with E-state index >= 15 is 0 Å². The molecule has 3 aromatic heterocycles. The van der Waals surface area contributed by atoms with Crippen molar-refractivity contribution in [1.29, 1.82) is 0 Å². The van der Waals surface area contributed by atoms with E-state index < -0.39 is 0 Å². The summed E-state index contributed by atoms with van der Waals surface area (Å²) in [6.07, 6.45) is 5.11. The normalized spacial score (nSPS) is 11.0. The Bertz CT molecular complexity index is 1230.